The van der Waals surface area contributed by atoms with Gasteiger partial charge in [-0.3, -0.25) is 5.32 Å². The Morgan fingerprint density at radius 1 is 1.30 bits per heavy atom. The van der Waals surface area contributed by atoms with E-state index in [9.17, 15) is 4.79 Å². The van der Waals surface area contributed by atoms with Crippen molar-refractivity contribution in [3.63, 3.8) is 0 Å². The van der Waals surface area contributed by atoms with E-state index in [0.717, 1.165) is 24.8 Å². The van der Waals surface area contributed by atoms with Crippen LogP contribution in [0.4, 0.5) is 0 Å². The monoisotopic (exact) mass is 315 g/mol. The molecule has 3 atom stereocenters. The summed E-state index contributed by atoms with van der Waals surface area (Å²) >= 11 is 0. The van der Waals surface area contributed by atoms with Gasteiger partial charge in [-0.25, -0.2) is 4.79 Å². The average molecular weight is 315 g/mol. The molecule has 0 fully saturated rings. The van der Waals surface area contributed by atoms with Crippen molar-refractivity contribution in [3.05, 3.63) is 60.7 Å². The van der Waals surface area contributed by atoms with Crippen LogP contribution >= 0.6 is 0 Å². The quantitative estimate of drug-likeness (QED) is 0.513. The first-order chi connectivity index (χ1) is 11.1. The third kappa shape index (κ3) is 6.41. The highest BCUT2D eigenvalue weighted by Crippen LogP contribution is 2.20. The number of carbonyl (C=O) groups is 1. The van der Waals surface area contributed by atoms with E-state index in [2.05, 4.69) is 37.9 Å². The molecule has 3 nitrogen and oxygen atoms in total. The maximum absolute atomic E-state index is 12.2. The third-order valence-electron chi connectivity index (χ3n) is 4.00. The standard InChI is InChI=1S/C20H29NO2/c1-5-7-8-12-15-18(16(3)6-2)21-19(20(22)23-4)17-13-10-9-11-14-17/h6-11,13-14,16,18-19,21H,2,5,12,15H2,1,3-4H3/b8-7-/t16-,18-,19+/m1/s1. The van der Waals surface area contributed by atoms with Crippen LogP contribution in [-0.4, -0.2) is 19.1 Å². The van der Waals surface area contributed by atoms with Gasteiger partial charge in [0.05, 0.1) is 7.11 Å². The summed E-state index contributed by atoms with van der Waals surface area (Å²) in [5, 5.41) is 3.47. The van der Waals surface area contributed by atoms with Crippen molar-refractivity contribution in [2.75, 3.05) is 7.11 Å². The zero-order valence-corrected chi connectivity index (χ0v) is 14.5. The molecule has 0 unspecified atom stereocenters. The molecule has 0 heterocycles. The smallest absolute Gasteiger partial charge is 0.327 e. The largest absolute Gasteiger partial charge is 0.468 e. The first-order valence-corrected chi connectivity index (χ1v) is 8.30. The molecule has 1 N–H and O–H groups in total. The predicted octanol–water partition coefficient (Wildman–Crippen LogP) is 4.43. The third-order valence-corrected chi connectivity index (χ3v) is 4.00. The Balaban J connectivity index is 2.88. The summed E-state index contributed by atoms with van der Waals surface area (Å²) in [6, 6.07) is 9.41. The van der Waals surface area contributed by atoms with Crippen LogP contribution in [-0.2, 0) is 9.53 Å². The summed E-state index contributed by atoms with van der Waals surface area (Å²) in [4.78, 5) is 12.2. The van der Waals surface area contributed by atoms with E-state index < -0.39 is 6.04 Å². The fourth-order valence-corrected chi connectivity index (χ4v) is 2.50. The minimum atomic E-state index is -0.455. The Morgan fingerprint density at radius 3 is 2.57 bits per heavy atom. The Labute approximate surface area is 140 Å². The van der Waals surface area contributed by atoms with E-state index in [0.29, 0.717) is 0 Å². The van der Waals surface area contributed by atoms with E-state index in [1.807, 2.05) is 36.4 Å². The minimum Gasteiger partial charge on any atom is -0.468 e. The second kappa shape index (κ2) is 10.8. The van der Waals surface area contributed by atoms with Gasteiger partial charge in [0, 0.05) is 6.04 Å². The van der Waals surface area contributed by atoms with Crippen molar-refractivity contribution in [3.8, 4) is 0 Å². The zero-order chi connectivity index (χ0) is 17.1. The fraction of sp³-hybridized carbons (Fsp3) is 0.450. The molecule has 0 saturated carbocycles. The van der Waals surface area contributed by atoms with Crippen molar-refractivity contribution >= 4 is 5.97 Å². The number of carbonyl (C=O) groups excluding carboxylic acids is 1. The Morgan fingerprint density at radius 2 is 2.00 bits per heavy atom. The lowest BCUT2D eigenvalue weighted by Crippen LogP contribution is -2.40. The summed E-state index contributed by atoms with van der Waals surface area (Å²) in [6.45, 7) is 8.14. The summed E-state index contributed by atoms with van der Waals surface area (Å²) < 4.78 is 4.98. The molecule has 0 spiro atoms. The van der Waals surface area contributed by atoms with E-state index in [1.165, 1.54) is 7.11 Å². The van der Waals surface area contributed by atoms with Crippen molar-refractivity contribution < 1.29 is 9.53 Å². The number of hydrogen-bond donors (Lipinski definition) is 1. The lowest BCUT2D eigenvalue weighted by molar-refractivity contribution is -0.143. The van der Waals surface area contributed by atoms with Gasteiger partial charge in [0.2, 0.25) is 0 Å². The van der Waals surface area contributed by atoms with Gasteiger partial charge in [0.25, 0.3) is 0 Å². The molecular formula is C20H29NO2. The van der Waals surface area contributed by atoms with Crippen LogP contribution in [0, 0.1) is 5.92 Å². The highest BCUT2D eigenvalue weighted by Gasteiger charge is 2.26. The number of benzene rings is 1. The number of methoxy groups -OCH3 is 1. The number of allylic oxidation sites excluding steroid dienone is 2. The Hall–Kier alpha value is -1.87. The molecule has 0 aliphatic rings. The normalized spacial score (nSPS) is 15.1. The van der Waals surface area contributed by atoms with Gasteiger partial charge in [-0.2, -0.15) is 0 Å². The van der Waals surface area contributed by atoms with Crippen molar-refractivity contribution in [1.82, 2.24) is 5.32 Å². The molecule has 1 rings (SSSR count). The van der Waals surface area contributed by atoms with Crippen LogP contribution in [0.5, 0.6) is 0 Å². The van der Waals surface area contributed by atoms with Gasteiger partial charge in [0.15, 0.2) is 0 Å². The average Bonchev–Trinajstić information content (AvgIpc) is 2.60. The lowest BCUT2D eigenvalue weighted by Gasteiger charge is -2.27. The molecule has 0 aliphatic heterocycles. The second-order valence-corrected chi connectivity index (χ2v) is 5.69. The summed E-state index contributed by atoms with van der Waals surface area (Å²) in [7, 11) is 1.43. The second-order valence-electron chi connectivity index (χ2n) is 5.69. The Kier molecular flexibility index (Phi) is 9.00. The van der Waals surface area contributed by atoms with Crippen LogP contribution < -0.4 is 5.32 Å². The zero-order valence-electron chi connectivity index (χ0n) is 14.5. The lowest BCUT2D eigenvalue weighted by atomic mass is 9.95. The maximum atomic E-state index is 12.2. The molecular weight excluding hydrogens is 286 g/mol. The molecule has 0 saturated heterocycles. The van der Waals surface area contributed by atoms with Crippen LogP contribution in [0.3, 0.4) is 0 Å². The molecule has 1 aromatic carbocycles. The number of rotatable bonds is 10. The Bertz CT molecular complexity index is 496. The van der Waals surface area contributed by atoms with E-state index in [-0.39, 0.29) is 17.9 Å². The molecule has 0 radical (unpaired) electrons. The first kappa shape index (κ1) is 19.2. The first-order valence-electron chi connectivity index (χ1n) is 8.30. The molecule has 0 amide bonds. The maximum Gasteiger partial charge on any atom is 0.327 e. The van der Waals surface area contributed by atoms with Gasteiger partial charge in [-0.05, 0) is 30.7 Å². The molecule has 0 aliphatic carbocycles. The van der Waals surface area contributed by atoms with Crippen molar-refractivity contribution in [1.29, 1.82) is 0 Å². The van der Waals surface area contributed by atoms with Crippen molar-refractivity contribution in [2.45, 2.75) is 45.2 Å². The summed E-state index contributed by atoms with van der Waals surface area (Å²) in [6.07, 6.45) is 9.27. The topological polar surface area (TPSA) is 38.3 Å². The molecule has 23 heavy (non-hydrogen) atoms. The molecule has 0 bridgehead atoms. The highest BCUT2D eigenvalue weighted by molar-refractivity contribution is 5.77. The van der Waals surface area contributed by atoms with Crippen molar-refractivity contribution in [2.24, 2.45) is 5.92 Å². The predicted molar refractivity (Wildman–Crippen MR) is 96.1 cm³/mol. The van der Waals surface area contributed by atoms with E-state index in [1.54, 1.807) is 0 Å². The fourth-order valence-electron chi connectivity index (χ4n) is 2.50. The SMILES string of the molecule is C=C[C@@H](C)[C@@H](CC/C=C\CC)N[C@H](C(=O)OC)c1ccccc1. The minimum absolute atomic E-state index is 0.165. The number of nitrogens with one attached hydrogen (secondary N) is 1. The van der Waals surface area contributed by atoms with Gasteiger partial charge in [-0.1, -0.05) is 62.4 Å². The van der Waals surface area contributed by atoms with Gasteiger partial charge in [-0.15, -0.1) is 6.58 Å². The molecule has 0 aromatic heterocycles. The van der Waals surface area contributed by atoms with E-state index in [4.69, 9.17) is 4.74 Å². The van der Waals surface area contributed by atoms with Gasteiger partial charge < -0.3 is 4.74 Å². The number of ether oxygens (including phenoxy) is 1. The van der Waals surface area contributed by atoms with Gasteiger partial charge >= 0.3 is 5.97 Å². The van der Waals surface area contributed by atoms with Crippen LogP contribution in [0.15, 0.2) is 55.1 Å². The molecule has 3 heteroatoms. The van der Waals surface area contributed by atoms with Crippen LogP contribution in [0.2, 0.25) is 0 Å². The number of esters is 1. The molecule has 126 valence electrons. The molecule has 1 aromatic rings. The van der Waals surface area contributed by atoms with E-state index >= 15 is 0 Å². The summed E-state index contributed by atoms with van der Waals surface area (Å²) in [5.41, 5.74) is 0.921. The summed E-state index contributed by atoms with van der Waals surface area (Å²) in [5.74, 6) is 0.00228. The van der Waals surface area contributed by atoms with Crippen LogP contribution in [0.1, 0.15) is 44.7 Å². The highest BCUT2D eigenvalue weighted by atomic mass is 16.5. The van der Waals surface area contributed by atoms with Crippen LogP contribution in [0.25, 0.3) is 0 Å². The number of hydrogen-bond acceptors (Lipinski definition) is 3. The van der Waals surface area contributed by atoms with Gasteiger partial charge in [0.1, 0.15) is 6.04 Å².